The summed E-state index contributed by atoms with van der Waals surface area (Å²) in [4.78, 5) is 37.1. The van der Waals surface area contributed by atoms with Crippen LogP contribution in [0.1, 0.15) is 22.8 Å². The number of rotatable bonds is 6. The van der Waals surface area contributed by atoms with Crippen LogP contribution in [0.15, 0.2) is 49.2 Å². The number of nitrogens with one attached hydrogen (secondary N) is 1. The van der Waals surface area contributed by atoms with E-state index in [0.29, 0.717) is 32.7 Å². The van der Waals surface area contributed by atoms with Crippen LogP contribution in [0.2, 0.25) is 0 Å². The van der Waals surface area contributed by atoms with Crippen molar-refractivity contribution in [2.45, 2.75) is 18.6 Å². The van der Waals surface area contributed by atoms with Gasteiger partial charge in [0.05, 0.1) is 36.0 Å². The molecule has 0 spiro atoms. The van der Waals surface area contributed by atoms with E-state index in [1.807, 2.05) is 18.5 Å². The average molecular weight is 589 g/mol. The number of aromatic amines is 1. The first-order valence-electron chi connectivity index (χ1n) is 12.5. The molecule has 3 aromatic heterocycles. The number of carbonyl (C=O) groups excluding carboxylic acids is 1. The van der Waals surface area contributed by atoms with Gasteiger partial charge < -0.3 is 20.1 Å². The molecule has 3 N–H and O–H groups in total. The quantitative estimate of drug-likeness (QED) is 0.287. The van der Waals surface area contributed by atoms with Crippen LogP contribution in [0.4, 0.5) is 17.6 Å². The Morgan fingerprint density at radius 2 is 1.86 bits per heavy atom. The summed E-state index contributed by atoms with van der Waals surface area (Å²) in [5, 5.41) is 31.3. The third-order valence-electron chi connectivity index (χ3n) is 6.48. The van der Waals surface area contributed by atoms with Crippen molar-refractivity contribution < 1.29 is 37.4 Å². The third-order valence-corrected chi connectivity index (χ3v) is 6.48. The average Bonchev–Trinajstić information content (AvgIpc) is 3.63. The number of carbonyl (C=O) groups is 2. The fourth-order valence-corrected chi connectivity index (χ4v) is 4.39. The number of carboxylic acids is 1. The summed E-state index contributed by atoms with van der Waals surface area (Å²) in [6.45, 7) is 2.66. The van der Waals surface area contributed by atoms with Crippen molar-refractivity contribution in [1.29, 1.82) is 5.26 Å². The molecule has 0 aliphatic carbocycles. The Balaban J connectivity index is 0.000000517. The minimum Gasteiger partial charge on any atom is -0.508 e. The Kier molecular flexibility index (Phi) is 9.01. The monoisotopic (exact) mass is 588 g/mol. The van der Waals surface area contributed by atoms with Crippen molar-refractivity contribution in [3.05, 3.63) is 60.6 Å². The van der Waals surface area contributed by atoms with E-state index in [1.54, 1.807) is 15.8 Å². The van der Waals surface area contributed by atoms with E-state index in [-0.39, 0.29) is 23.8 Å². The van der Waals surface area contributed by atoms with Gasteiger partial charge in [0.1, 0.15) is 23.5 Å². The molecule has 1 amide bonds. The van der Waals surface area contributed by atoms with Crippen LogP contribution in [-0.2, 0) is 4.79 Å². The van der Waals surface area contributed by atoms with E-state index in [0.717, 1.165) is 28.4 Å². The minimum atomic E-state index is -5.08. The molecule has 1 fully saturated rings. The van der Waals surface area contributed by atoms with E-state index in [2.05, 4.69) is 31.0 Å². The van der Waals surface area contributed by atoms with Crippen LogP contribution in [-0.4, -0.2) is 95.5 Å². The zero-order valence-electron chi connectivity index (χ0n) is 21.8. The Morgan fingerprint density at radius 1 is 1.14 bits per heavy atom. The maximum atomic E-state index is 14.1. The smallest absolute Gasteiger partial charge is 0.490 e. The fraction of sp³-hybridized carbons (Fsp3) is 0.308. The summed E-state index contributed by atoms with van der Waals surface area (Å²) in [6.07, 6.45) is 2.14. The van der Waals surface area contributed by atoms with Gasteiger partial charge in [-0.2, -0.15) is 23.5 Å². The number of nitrogens with zero attached hydrogens (tertiary/aromatic N) is 7. The van der Waals surface area contributed by atoms with Gasteiger partial charge in [-0.05, 0) is 18.2 Å². The number of fused-ring (bicyclic) bond motifs is 1. The molecule has 0 radical (unpaired) electrons. The highest BCUT2D eigenvalue weighted by atomic mass is 19.4. The molecule has 1 aromatic carbocycles. The van der Waals surface area contributed by atoms with E-state index in [9.17, 15) is 32.7 Å². The highest BCUT2D eigenvalue weighted by molar-refractivity contribution is 5.94. The molecule has 16 heteroatoms. The van der Waals surface area contributed by atoms with Crippen molar-refractivity contribution in [1.82, 2.24) is 34.5 Å². The van der Waals surface area contributed by atoms with Crippen molar-refractivity contribution in [3.63, 3.8) is 0 Å². The van der Waals surface area contributed by atoms with Gasteiger partial charge in [0, 0.05) is 62.1 Å². The maximum Gasteiger partial charge on any atom is 0.490 e. The van der Waals surface area contributed by atoms with Gasteiger partial charge in [-0.25, -0.2) is 19.2 Å². The highest BCUT2D eigenvalue weighted by Gasteiger charge is 2.38. The molecule has 1 aliphatic heterocycles. The molecule has 0 bridgehead atoms. The fourth-order valence-electron chi connectivity index (χ4n) is 4.39. The summed E-state index contributed by atoms with van der Waals surface area (Å²) in [6, 6.07) is 7.54. The topological polar surface area (TPSA) is 164 Å². The molecule has 12 nitrogen and oxygen atoms in total. The molecular formula is C26H24F4N8O4. The lowest BCUT2D eigenvalue weighted by Gasteiger charge is -2.36. The van der Waals surface area contributed by atoms with Crippen LogP contribution in [0.25, 0.3) is 22.3 Å². The van der Waals surface area contributed by atoms with Crippen LogP contribution < -0.4 is 0 Å². The molecule has 5 rings (SSSR count). The minimum absolute atomic E-state index is 0.0519. The Hall–Kier alpha value is -5.04. The molecule has 42 heavy (non-hydrogen) atoms. The first-order chi connectivity index (χ1) is 20.0. The number of aliphatic carboxylic acids is 1. The largest absolute Gasteiger partial charge is 0.508 e. The first kappa shape index (κ1) is 29.9. The number of nitriles is 1. The normalized spacial score (nSPS) is 14.6. The van der Waals surface area contributed by atoms with Gasteiger partial charge in [-0.15, -0.1) is 0 Å². The SMILES string of the molecule is N#CCC(CN1CCN(C(=O)c2ccc(O)cc2F)CC1)n1cc(-c2ncnc3[nH]ccc23)cn1.O=C(O)C(F)(F)F. The zero-order valence-corrected chi connectivity index (χ0v) is 21.8. The molecule has 1 aliphatic rings. The number of alkyl halides is 3. The number of H-pyrrole nitrogens is 1. The lowest BCUT2D eigenvalue weighted by molar-refractivity contribution is -0.192. The van der Waals surface area contributed by atoms with Gasteiger partial charge in [0.25, 0.3) is 5.91 Å². The molecular weight excluding hydrogens is 564 g/mol. The van der Waals surface area contributed by atoms with Gasteiger partial charge in [-0.3, -0.25) is 14.4 Å². The molecule has 0 saturated carbocycles. The summed E-state index contributed by atoms with van der Waals surface area (Å²) in [5.74, 6) is -4.10. The van der Waals surface area contributed by atoms with Crippen LogP contribution in [0.3, 0.4) is 0 Å². The molecule has 4 aromatic rings. The molecule has 220 valence electrons. The standard InChI is InChI=1S/C24H23FN8O2.C2HF3O2/c25-21-11-18(34)1-2-19(21)24(35)32-9-7-31(8-10-32)14-17(3-5-26)33-13-16(12-30-33)22-20-4-6-27-23(20)29-15-28-22;3-2(4,5)1(6)7/h1-2,4,6,11-13,15,17,34H,3,7-10,14H2,(H,27,28,29);(H,6,7). The number of amides is 1. The van der Waals surface area contributed by atoms with Crippen molar-refractivity contribution in [2.24, 2.45) is 0 Å². The molecule has 1 unspecified atom stereocenters. The van der Waals surface area contributed by atoms with Crippen molar-refractivity contribution in [2.75, 3.05) is 32.7 Å². The van der Waals surface area contributed by atoms with E-state index in [1.165, 1.54) is 18.5 Å². The lowest BCUT2D eigenvalue weighted by Crippen LogP contribution is -2.50. The number of phenols is 1. The Labute approximate surface area is 235 Å². The number of hydrogen-bond acceptors (Lipinski definition) is 8. The second-order valence-electron chi connectivity index (χ2n) is 9.25. The number of phenolic OH excluding ortho intramolecular Hbond substituents is 1. The van der Waals surface area contributed by atoms with Crippen LogP contribution in [0, 0.1) is 17.1 Å². The number of piperazine rings is 1. The van der Waals surface area contributed by atoms with Crippen molar-refractivity contribution in [3.8, 4) is 23.1 Å². The van der Waals surface area contributed by atoms with E-state index in [4.69, 9.17) is 9.90 Å². The summed E-state index contributed by atoms with van der Waals surface area (Å²) in [7, 11) is 0. The number of hydrogen-bond donors (Lipinski definition) is 3. The lowest BCUT2D eigenvalue weighted by atomic mass is 10.1. The third kappa shape index (κ3) is 6.99. The number of carboxylic acid groups (broad SMARTS) is 1. The number of halogens is 4. The summed E-state index contributed by atoms with van der Waals surface area (Å²) < 4.78 is 47.6. The van der Waals surface area contributed by atoms with Gasteiger partial charge in [0.15, 0.2) is 0 Å². The summed E-state index contributed by atoms with van der Waals surface area (Å²) in [5.41, 5.74) is 2.30. The number of benzene rings is 1. The van der Waals surface area contributed by atoms with Gasteiger partial charge >= 0.3 is 12.1 Å². The second kappa shape index (κ2) is 12.6. The second-order valence-corrected chi connectivity index (χ2v) is 9.25. The van der Waals surface area contributed by atoms with Gasteiger partial charge in [-0.1, -0.05) is 0 Å². The number of aromatic hydroxyl groups is 1. The van der Waals surface area contributed by atoms with Crippen molar-refractivity contribution >= 4 is 22.9 Å². The maximum absolute atomic E-state index is 14.1. The van der Waals surface area contributed by atoms with E-state index >= 15 is 0 Å². The first-order valence-corrected chi connectivity index (χ1v) is 12.5. The molecule has 4 heterocycles. The Morgan fingerprint density at radius 3 is 2.50 bits per heavy atom. The highest BCUT2D eigenvalue weighted by Crippen LogP contribution is 2.26. The summed E-state index contributed by atoms with van der Waals surface area (Å²) >= 11 is 0. The predicted octanol–water partition coefficient (Wildman–Crippen LogP) is 3.21. The van der Waals surface area contributed by atoms with Crippen LogP contribution >= 0.6 is 0 Å². The van der Waals surface area contributed by atoms with E-state index < -0.39 is 23.9 Å². The van der Waals surface area contributed by atoms with Gasteiger partial charge in [0.2, 0.25) is 0 Å². The Bertz CT molecular complexity index is 1610. The molecule has 1 atom stereocenters. The zero-order chi connectivity index (χ0) is 30.4. The molecule has 1 saturated heterocycles. The predicted molar refractivity (Wildman–Crippen MR) is 138 cm³/mol. The van der Waals surface area contributed by atoms with Crippen LogP contribution in [0.5, 0.6) is 5.75 Å². The number of aromatic nitrogens is 5.